The van der Waals surface area contributed by atoms with Crippen LogP contribution in [0.5, 0.6) is 0 Å². The molecule has 0 saturated heterocycles. The molecule has 0 aliphatic heterocycles. The molecule has 3 rings (SSSR count). The first-order chi connectivity index (χ1) is 11.5. The van der Waals surface area contributed by atoms with Gasteiger partial charge < -0.3 is 5.32 Å². The van der Waals surface area contributed by atoms with Gasteiger partial charge in [0.25, 0.3) is 5.56 Å². The van der Waals surface area contributed by atoms with E-state index in [1.54, 1.807) is 7.05 Å². The van der Waals surface area contributed by atoms with Gasteiger partial charge in [0.2, 0.25) is 5.91 Å². The third-order valence-corrected chi connectivity index (χ3v) is 5.74. The van der Waals surface area contributed by atoms with Gasteiger partial charge in [-0.15, -0.1) is 11.3 Å². The number of amides is 1. The summed E-state index contributed by atoms with van der Waals surface area (Å²) in [6, 6.07) is 9.46. The highest BCUT2D eigenvalue weighted by atomic mass is 32.2. The highest BCUT2D eigenvalue weighted by Gasteiger charge is 2.19. The van der Waals surface area contributed by atoms with Crippen LogP contribution in [-0.2, 0) is 11.8 Å². The number of para-hydroxylation sites is 1. The molecule has 0 fully saturated rings. The number of thioether (sulfide) groups is 1. The molecule has 0 saturated carbocycles. The van der Waals surface area contributed by atoms with Crippen molar-refractivity contribution in [3.8, 4) is 0 Å². The fourth-order valence-electron chi connectivity index (χ4n) is 2.23. The number of anilines is 1. The van der Waals surface area contributed by atoms with Gasteiger partial charge in [-0.25, -0.2) is 4.98 Å². The molecule has 0 radical (unpaired) electrons. The van der Waals surface area contributed by atoms with Crippen LogP contribution in [0.1, 0.15) is 12.5 Å². The van der Waals surface area contributed by atoms with Crippen LogP contribution in [0.25, 0.3) is 10.2 Å². The van der Waals surface area contributed by atoms with E-state index in [1.807, 2.05) is 49.6 Å². The van der Waals surface area contributed by atoms with Crippen molar-refractivity contribution in [1.29, 1.82) is 0 Å². The largest absolute Gasteiger partial charge is 0.325 e. The molecule has 0 aliphatic carbocycles. The smallest absolute Gasteiger partial charge is 0.271 e. The van der Waals surface area contributed by atoms with E-state index in [2.05, 4.69) is 10.3 Å². The van der Waals surface area contributed by atoms with Crippen LogP contribution in [0, 0.1) is 6.92 Å². The Hall–Kier alpha value is -2.12. The van der Waals surface area contributed by atoms with Crippen molar-refractivity contribution in [1.82, 2.24) is 9.55 Å². The summed E-state index contributed by atoms with van der Waals surface area (Å²) < 4.78 is 2.14. The third kappa shape index (κ3) is 3.22. The maximum atomic E-state index is 12.4. The lowest BCUT2D eigenvalue weighted by Gasteiger charge is -2.14. The molecule has 3 aromatic rings. The Morgan fingerprint density at radius 1 is 1.33 bits per heavy atom. The minimum absolute atomic E-state index is 0.0796. The van der Waals surface area contributed by atoms with Crippen LogP contribution in [0.3, 0.4) is 0 Å². The van der Waals surface area contributed by atoms with E-state index in [0.29, 0.717) is 15.4 Å². The van der Waals surface area contributed by atoms with Crippen molar-refractivity contribution in [3.05, 3.63) is 51.6 Å². The quantitative estimate of drug-likeness (QED) is 0.573. The summed E-state index contributed by atoms with van der Waals surface area (Å²) in [6.07, 6.45) is 0. The van der Waals surface area contributed by atoms with E-state index in [1.165, 1.54) is 27.7 Å². The summed E-state index contributed by atoms with van der Waals surface area (Å²) in [5.41, 5.74) is 2.40. The van der Waals surface area contributed by atoms with Crippen molar-refractivity contribution in [2.75, 3.05) is 5.32 Å². The number of aryl methyl sites for hydroxylation is 1. The molecule has 0 bridgehead atoms. The minimum atomic E-state index is -0.376. The van der Waals surface area contributed by atoms with Crippen LogP contribution in [0.4, 0.5) is 5.69 Å². The molecule has 2 aromatic heterocycles. The van der Waals surface area contributed by atoms with E-state index in [0.717, 1.165) is 11.3 Å². The third-order valence-electron chi connectivity index (χ3n) is 3.70. The van der Waals surface area contributed by atoms with Gasteiger partial charge in [-0.1, -0.05) is 30.0 Å². The van der Waals surface area contributed by atoms with Gasteiger partial charge in [0.1, 0.15) is 4.70 Å². The first-order valence-corrected chi connectivity index (χ1v) is 9.20. The Morgan fingerprint density at radius 2 is 2.08 bits per heavy atom. The molecule has 0 aliphatic rings. The lowest BCUT2D eigenvalue weighted by atomic mass is 10.2. The molecule has 1 aromatic carbocycles. The normalized spacial score (nSPS) is 12.3. The monoisotopic (exact) mass is 359 g/mol. The number of rotatable bonds is 4. The second kappa shape index (κ2) is 6.78. The average Bonchev–Trinajstić information content (AvgIpc) is 3.03. The molecule has 5 nitrogen and oxygen atoms in total. The summed E-state index contributed by atoms with van der Waals surface area (Å²) in [6.45, 7) is 3.76. The maximum absolute atomic E-state index is 12.4. The second-order valence-corrected chi connectivity index (χ2v) is 7.68. The zero-order valence-electron chi connectivity index (χ0n) is 13.6. The van der Waals surface area contributed by atoms with E-state index in [9.17, 15) is 9.59 Å². The van der Waals surface area contributed by atoms with Gasteiger partial charge in [-0.2, -0.15) is 0 Å². The molecule has 1 amide bonds. The molecule has 7 heteroatoms. The SMILES string of the molecule is Cc1ccccc1NC(=O)C(C)Sc1nc2ccsc2c(=O)n1C. The van der Waals surface area contributed by atoms with Gasteiger partial charge in [0.05, 0.1) is 10.8 Å². The number of benzene rings is 1. The molecule has 2 heterocycles. The summed E-state index contributed by atoms with van der Waals surface area (Å²) in [4.78, 5) is 29.2. The van der Waals surface area contributed by atoms with Crippen LogP contribution < -0.4 is 10.9 Å². The Bertz CT molecular complexity index is 962. The molecule has 0 spiro atoms. The number of aromatic nitrogens is 2. The Kier molecular flexibility index (Phi) is 4.73. The molecule has 1 atom stereocenters. The fraction of sp³-hybridized carbons (Fsp3) is 0.235. The molecular formula is C17H17N3O2S2. The van der Waals surface area contributed by atoms with Gasteiger partial charge in [0, 0.05) is 12.7 Å². The average molecular weight is 359 g/mol. The van der Waals surface area contributed by atoms with Crippen LogP contribution in [-0.4, -0.2) is 20.7 Å². The number of nitrogens with zero attached hydrogens (tertiary/aromatic N) is 2. The predicted octanol–water partition coefficient (Wildman–Crippen LogP) is 3.42. The molecule has 124 valence electrons. The summed E-state index contributed by atoms with van der Waals surface area (Å²) in [5.74, 6) is -0.117. The minimum Gasteiger partial charge on any atom is -0.325 e. The van der Waals surface area contributed by atoms with Crippen LogP contribution in [0.15, 0.2) is 45.7 Å². The highest BCUT2D eigenvalue weighted by Crippen LogP contribution is 2.25. The van der Waals surface area contributed by atoms with Crippen LogP contribution >= 0.6 is 23.1 Å². The van der Waals surface area contributed by atoms with Crippen molar-refractivity contribution < 1.29 is 4.79 Å². The van der Waals surface area contributed by atoms with Crippen molar-refractivity contribution in [2.45, 2.75) is 24.3 Å². The zero-order valence-corrected chi connectivity index (χ0v) is 15.2. The second-order valence-electron chi connectivity index (χ2n) is 5.46. The zero-order chi connectivity index (χ0) is 17.3. The van der Waals surface area contributed by atoms with E-state index < -0.39 is 0 Å². The lowest BCUT2D eigenvalue weighted by Crippen LogP contribution is -2.25. The van der Waals surface area contributed by atoms with E-state index in [4.69, 9.17) is 0 Å². The van der Waals surface area contributed by atoms with Crippen LogP contribution in [0.2, 0.25) is 0 Å². The predicted molar refractivity (Wildman–Crippen MR) is 100.0 cm³/mol. The van der Waals surface area contributed by atoms with Gasteiger partial charge in [-0.05, 0) is 36.9 Å². The Labute approximate surface area is 147 Å². The topological polar surface area (TPSA) is 64.0 Å². The Balaban J connectivity index is 1.80. The van der Waals surface area contributed by atoms with Crippen molar-refractivity contribution >= 4 is 44.9 Å². The van der Waals surface area contributed by atoms with Crippen molar-refractivity contribution in [2.24, 2.45) is 7.05 Å². The van der Waals surface area contributed by atoms with Gasteiger partial charge in [0.15, 0.2) is 5.16 Å². The standard InChI is InChI=1S/C17H17N3O2S2/c1-10-6-4-5-7-12(10)18-15(21)11(2)24-17-19-13-8-9-23-14(13)16(22)20(17)3/h4-9,11H,1-3H3,(H,18,21). The summed E-state index contributed by atoms with van der Waals surface area (Å²) in [5, 5.41) is 4.94. The molecular weight excluding hydrogens is 342 g/mol. The van der Waals surface area contributed by atoms with Crippen molar-refractivity contribution in [3.63, 3.8) is 0 Å². The number of hydrogen-bond acceptors (Lipinski definition) is 5. The summed E-state index contributed by atoms with van der Waals surface area (Å²) in [7, 11) is 1.68. The fourth-order valence-corrected chi connectivity index (χ4v) is 3.91. The highest BCUT2D eigenvalue weighted by molar-refractivity contribution is 8.00. The molecule has 1 N–H and O–H groups in total. The number of fused-ring (bicyclic) bond motifs is 1. The first kappa shape index (κ1) is 16.7. The van der Waals surface area contributed by atoms with Gasteiger partial charge >= 0.3 is 0 Å². The number of thiophene rings is 1. The number of carbonyl (C=O) groups excluding carboxylic acids is 1. The molecule has 24 heavy (non-hydrogen) atoms. The van der Waals surface area contributed by atoms with E-state index in [-0.39, 0.29) is 16.7 Å². The number of hydrogen-bond donors (Lipinski definition) is 1. The Morgan fingerprint density at radius 3 is 2.83 bits per heavy atom. The summed E-state index contributed by atoms with van der Waals surface area (Å²) >= 11 is 2.66. The lowest BCUT2D eigenvalue weighted by molar-refractivity contribution is -0.115. The van der Waals surface area contributed by atoms with E-state index >= 15 is 0 Å². The van der Waals surface area contributed by atoms with Gasteiger partial charge in [-0.3, -0.25) is 14.2 Å². The number of nitrogens with one attached hydrogen (secondary N) is 1. The maximum Gasteiger partial charge on any atom is 0.271 e. The first-order valence-electron chi connectivity index (χ1n) is 7.44. The molecule has 1 unspecified atom stereocenters. The number of carbonyl (C=O) groups is 1.